The highest BCUT2D eigenvalue weighted by Gasteiger charge is 2.09. The second kappa shape index (κ2) is 8.50. The Kier molecular flexibility index (Phi) is 6.38. The monoisotopic (exact) mass is 327 g/mol. The van der Waals surface area contributed by atoms with Gasteiger partial charge in [0.05, 0.1) is 12.7 Å². The number of carboxylic acids is 1. The third-order valence-corrected chi connectivity index (χ3v) is 4.02. The lowest BCUT2D eigenvalue weighted by molar-refractivity contribution is 0.0697. The number of aromatic carboxylic acids is 1. The van der Waals surface area contributed by atoms with Crippen molar-refractivity contribution in [1.29, 1.82) is 0 Å². The van der Waals surface area contributed by atoms with Crippen LogP contribution in [0.25, 0.3) is 0 Å². The molecule has 0 fully saturated rings. The van der Waals surface area contributed by atoms with Gasteiger partial charge in [-0.2, -0.15) is 0 Å². The maximum Gasteiger partial charge on any atom is 0.335 e. The molecule has 0 aromatic heterocycles. The zero-order chi connectivity index (χ0) is 17.5. The summed E-state index contributed by atoms with van der Waals surface area (Å²) in [6, 6.07) is 15.3. The van der Waals surface area contributed by atoms with Crippen molar-refractivity contribution in [1.82, 2.24) is 4.90 Å². The van der Waals surface area contributed by atoms with Gasteiger partial charge in [0.2, 0.25) is 0 Å². The van der Waals surface area contributed by atoms with E-state index in [1.54, 1.807) is 19.2 Å². The molecule has 4 nitrogen and oxygen atoms in total. The Bertz CT molecular complexity index is 650. The second-order valence-electron chi connectivity index (χ2n) is 6.36. The molecule has 24 heavy (non-hydrogen) atoms. The summed E-state index contributed by atoms with van der Waals surface area (Å²) in [4.78, 5) is 13.1. The number of methoxy groups -OCH3 is 1. The number of ether oxygens (including phenoxy) is 1. The molecule has 1 unspecified atom stereocenters. The average molecular weight is 327 g/mol. The van der Waals surface area contributed by atoms with Crippen LogP contribution in [0.4, 0.5) is 0 Å². The first kappa shape index (κ1) is 18.0. The minimum atomic E-state index is -0.886. The largest absolute Gasteiger partial charge is 0.497 e. The van der Waals surface area contributed by atoms with Crippen molar-refractivity contribution in [2.45, 2.75) is 19.9 Å². The van der Waals surface area contributed by atoms with E-state index in [1.165, 1.54) is 5.56 Å². The van der Waals surface area contributed by atoms with Crippen molar-refractivity contribution in [3.63, 3.8) is 0 Å². The van der Waals surface area contributed by atoms with Crippen LogP contribution in [-0.2, 0) is 13.0 Å². The third kappa shape index (κ3) is 5.39. The SMILES string of the molecule is COc1ccc(CC(C)CN(C)Cc2ccc(C(=O)O)cc2)cc1. The fourth-order valence-electron chi connectivity index (χ4n) is 2.89. The molecule has 0 aliphatic carbocycles. The van der Waals surface area contributed by atoms with Gasteiger partial charge >= 0.3 is 5.97 Å². The van der Waals surface area contributed by atoms with Gasteiger partial charge < -0.3 is 14.7 Å². The van der Waals surface area contributed by atoms with Crippen molar-refractivity contribution in [3.8, 4) is 5.75 Å². The molecule has 1 atom stereocenters. The van der Waals surface area contributed by atoms with Crippen LogP contribution < -0.4 is 4.74 Å². The fourth-order valence-corrected chi connectivity index (χ4v) is 2.89. The fraction of sp³-hybridized carbons (Fsp3) is 0.350. The predicted octanol–water partition coefficient (Wildman–Crippen LogP) is 3.70. The highest BCUT2D eigenvalue weighted by molar-refractivity contribution is 5.87. The van der Waals surface area contributed by atoms with Gasteiger partial charge in [-0.15, -0.1) is 0 Å². The minimum absolute atomic E-state index is 0.328. The Morgan fingerprint density at radius 2 is 1.67 bits per heavy atom. The Hall–Kier alpha value is -2.33. The second-order valence-corrected chi connectivity index (χ2v) is 6.36. The number of rotatable bonds is 8. The van der Waals surface area contributed by atoms with Crippen LogP contribution in [0.2, 0.25) is 0 Å². The van der Waals surface area contributed by atoms with E-state index in [0.717, 1.165) is 30.8 Å². The summed E-state index contributed by atoms with van der Waals surface area (Å²) >= 11 is 0. The van der Waals surface area contributed by atoms with Gasteiger partial charge in [-0.25, -0.2) is 4.79 Å². The summed E-state index contributed by atoms with van der Waals surface area (Å²) in [7, 11) is 3.77. The van der Waals surface area contributed by atoms with Crippen molar-refractivity contribution >= 4 is 5.97 Å². The van der Waals surface area contributed by atoms with E-state index < -0.39 is 5.97 Å². The van der Waals surface area contributed by atoms with Crippen molar-refractivity contribution in [2.75, 3.05) is 20.7 Å². The first-order chi connectivity index (χ1) is 11.5. The molecule has 2 aromatic carbocycles. The molecule has 2 rings (SSSR count). The molecule has 0 saturated heterocycles. The van der Waals surface area contributed by atoms with E-state index in [0.29, 0.717) is 11.5 Å². The molecule has 0 aliphatic rings. The molecule has 0 heterocycles. The first-order valence-electron chi connectivity index (χ1n) is 8.11. The summed E-state index contributed by atoms with van der Waals surface area (Å²) in [5.41, 5.74) is 2.76. The van der Waals surface area contributed by atoms with Gasteiger partial charge in [-0.05, 0) is 54.8 Å². The van der Waals surface area contributed by atoms with Crippen LogP contribution in [0.1, 0.15) is 28.4 Å². The third-order valence-electron chi connectivity index (χ3n) is 4.02. The lowest BCUT2D eigenvalue weighted by atomic mass is 10.0. The molecule has 0 radical (unpaired) electrons. The smallest absolute Gasteiger partial charge is 0.335 e. The standard InChI is InChI=1S/C20H25NO3/c1-15(12-16-6-10-19(24-3)11-7-16)13-21(2)14-17-4-8-18(9-5-17)20(22)23/h4-11,15H,12-14H2,1-3H3,(H,22,23). The van der Waals surface area contributed by atoms with Gasteiger partial charge in [0, 0.05) is 13.1 Å². The first-order valence-corrected chi connectivity index (χ1v) is 8.11. The Morgan fingerprint density at radius 1 is 1.08 bits per heavy atom. The zero-order valence-corrected chi connectivity index (χ0v) is 14.5. The van der Waals surface area contributed by atoms with Gasteiger partial charge in [-0.1, -0.05) is 31.2 Å². The molecular weight excluding hydrogens is 302 g/mol. The van der Waals surface area contributed by atoms with E-state index in [1.807, 2.05) is 24.3 Å². The lowest BCUT2D eigenvalue weighted by Gasteiger charge is -2.21. The number of carbonyl (C=O) groups is 1. The number of nitrogens with zero attached hydrogens (tertiary/aromatic N) is 1. The summed E-state index contributed by atoms with van der Waals surface area (Å²) in [6.45, 7) is 4.04. The summed E-state index contributed by atoms with van der Waals surface area (Å²) in [5, 5.41) is 8.93. The molecule has 4 heteroatoms. The maximum atomic E-state index is 10.9. The van der Waals surface area contributed by atoms with Gasteiger partial charge in [-0.3, -0.25) is 0 Å². The van der Waals surface area contributed by atoms with Crippen molar-refractivity contribution < 1.29 is 14.6 Å². The molecule has 0 spiro atoms. The Balaban J connectivity index is 1.84. The highest BCUT2D eigenvalue weighted by Crippen LogP contribution is 2.16. The number of hydrogen-bond donors (Lipinski definition) is 1. The van der Waals surface area contributed by atoms with Crippen molar-refractivity contribution in [2.24, 2.45) is 5.92 Å². The number of benzene rings is 2. The quantitative estimate of drug-likeness (QED) is 0.803. The van der Waals surface area contributed by atoms with E-state index >= 15 is 0 Å². The van der Waals surface area contributed by atoms with Crippen LogP contribution >= 0.6 is 0 Å². The maximum absolute atomic E-state index is 10.9. The van der Waals surface area contributed by atoms with Crippen molar-refractivity contribution in [3.05, 3.63) is 65.2 Å². The summed E-state index contributed by atoms with van der Waals surface area (Å²) in [6.07, 6.45) is 1.02. The molecular formula is C20H25NO3. The number of hydrogen-bond acceptors (Lipinski definition) is 3. The van der Waals surface area contributed by atoms with Crippen LogP contribution in [0.3, 0.4) is 0 Å². The van der Waals surface area contributed by atoms with E-state index in [-0.39, 0.29) is 0 Å². The average Bonchev–Trinajstić information content (AvgIpc) is 2.55. The number of carboxylic acid groups (broad SMARTS) is 1. The molecule has 0 aliphatic heterocycles. The topological polar surface area (TPSA) is 49.8 Å². The highest BCUT2D eigenvalue weighted by atomic mass is 16.5. The normalized spacial score (nSPS) is 12.2. The Labute approximate surface area is 143 Å². The molecule has 128 valence electrons. The molecule has 1 N–H and O–H groups in total. The van der Waals surface area contributed by atoms with Gasteiger partial charge in [0.15, 0.2) is 0 Å². The van der Waals surface area contributed by atoms with Crippen LogP contribution in [0.5, 0.6) is 5.75 Å². The van der Waals surface area contributed by atoms with Crippen LogP contribution in [0.15, 0.2) is 48.5 Å². The van der Waals surface area contributed by atoms with E-state index in [4.69, 9.17) is 9.84 Å². The van der Waals surface area contributed by atoms with E-state index in [9.17, 15) is 4.79 Å². The summed E-state index contributed by atoms with van der Waals surface area (Å²) < 4.78 is 5.18. The lowest BCUT2D eigenvalue weighted by Crippen LogP contribution is -2.25. The van der Waals surface area contributed by atoms with Crippen LogP contribution in [-0.4, -0.2) is 36.7 Å². The van der Waals surface area contributed by atoms with Crippen LogP contribution in [0, 0.1) is 5.92 Å². The molecule has 0 saturated carbocycles. The van der Waals surface area contributed by atoms with Gasteiger partial charge in [0.1, 0.15) is 5.75 Å². The molecule has 2 aromatic rings. The van der Waals surface area contributed by atoms with Gasteiger partial charge in [0.25, 0.3) is 0 Å². The minimum Gasteiger partial charge on any atom is -0.497 e. The molecule has 0 amide bonds. The Morgan fingerprint density at radius 3 is 2.21 bits per heavy atom. The summed E-state index contributed by atoms with van der Waals surface area (Å²) in [5.74, 6) is 0.526. The molecule has 0 bridgehead atoms. The van der Waals surface area contributed by atoms with E-state index in [2.05, 4.69) is 31.0 Å². The zero-order valence-electron chi connectivity index (χ0n) is 14.5. The predicted molar refractivity (Wildman–Crippen MR) is 95.6 cm³/mol.